The maximum absolute atomic E-state index is 11.0. The summed E-state index contributed by atoms with van der Waals surface area (Å²) in [6, 6.07) is 11.7. The van der Waals surface area contributed by atoms with Crippen LogP contribution in [0.2, 0.25) is 0 Å². The zero-order valence-corrected chi connectivity index (χ0v) is 12.1. The van der Waals surface area contributed by atoms with Gasteiger partial charge in [-0.05, 0) is 35.4 Å². The number of unbranched alkanes of at least 4 members (excludes halogenated alkanes) is 4. The smallest absolute Gasteiger partial charge is 0.150 e. The molecule has 0 spiro atoms. The number of carbonyl (C=O) groups is 1. The topological polar surface area (TPSA) is 26.3 Å². The minimum atomic E-state index is 0.730. The van der Waals surface area contributed by atoms with E-state index >= 15 is 0 Å². The van der Waals surface area contributed by atoms with Crippen LogP contribution in [0.25, 0.3) is 10.8 Å². The highest BCUT2D eigenvalue weighted by Crippen LogP contribution is 2.23. The standard InChI is InChI=1S/C18H22O2/c1-2-3-4-5-6-12-20-17-10-11-18-15(13-17)8-7-9-16(18)14-19/h7-11,13-14H,2-6,12H2,1H3. The van der Waals surface area contributed by atoms with Gasteiger partial charge in [0.1, 0.15) is 5.75 Å². The molecule has 0 unspecified atom stereocenters. The van der Waals surface area contributed by atoms with Crippen molar-refractivity contribution in [3.05, 3.63) is 42.0 Å². The molecule has 0 amide bonds. The van der Waals surface area contributed by atoms with Crippen molar-refractivity contribution in [1.29, 1.82) is 0 Å². The first-order valence-electron chi connectivity index (χ1n) is 7.46. The predicted molar refractivity (Wildman–Crippen MR) is 83.6 cm³/mol. The summed E-state index contributed by atoms with van der Waals surface area (Å²) in [7, 11) is 0. The third kappa shape index (κ3) is 3.83. The van der Waals surface area contributed by atoms with Gasteiger partial charge in [0.2, 0.25) is 0 Å². The Labute approximate surface area is 120 Å². The zero-order valence-electron chi connectivity index (χ0n) is 12.1. The lowest BCUT2D eigenvalue weighted by Gasteiger charge is -2.08. The number of benzene rings is 2. The van der Waals surface area contributed by atoms with Crippen molar-refractivity contribution in [1.82, 2.24) is 0 Å². The number of ether oxygens (including phenoxy) is 1. The molecule has 0 radical (unpaired) electrons. The Hall–Kier alpha value is -1.83. The van der Waals surface area contributed by atoms with Crippen LogP contribution >= 0.6 is 0 Å². The molecule has 0 aromatic heterocycles. The molecule has 2 heteroatoms. The van der Waals surface area contributed by atoms with E-state index in [1.807, 2.05) is 36.4 Å². The van der Waals surface area contributed by atoms with Crippen LogP contribution in [0.3, 0.4) is 0 Å². The van der Waals surface area contributed by atoms with Gasteiger partial charge < -0.3 is 4.74 Å². The van der Waals surface area contributed by atoms with Crippen LogP contribution in [0.4, 0.5) is 0 Å². The fraction of sp³-hybridized carbons (Fsp3) is 0.389. The van der Waals surface area contributed by atoms with E-state index in [9.17, 15) is 4.79 Å². The number of rotatable bonds is 8. The first-order valence-corrected chi connectivity index (χ1v) is 7.46. The molecule has 0 fully saturated rings. The fourth-order valence-electron chi connectivity index (χ4n) is 2.38. The summed E-state index contributed by atoms with van der Waals surface area (Å²) in [6.07, 6.45) is 7.11. The van der Waals surface area contributed by atoms with Crippen LogP contribution in [0.5, 0.6) is 5.75 Å². The van der Waals surface area contributed by atoms with Crippen LogP contribution in [0, 0.1) is 0 Å². The first kappa shape index (κ1) is 14.6. The predicted octanol–water partition coefficient (Wildman–Crippen LogP) is 5.00. The van der Waals surface area contributed by atoms with Gasteiger partial charge in [-0.25, -0.2) is 0 Å². The molecule has 0 aliphatic heterocycles. The summed E-state index contributed by atoms with van der Waals surface area (Å²) in [5.74, 6) is 0.885. The van der Waals surface area contributed by atoms with Gasteiger partial charge in [0.15, 0.2) is 6.29 Å². The molecule has 0 saturated heterocycles. The molecule has 106 valence electrons. The van der Waals surface area contributed by atoms with E-state index in [0.717, 1.165) is 41.4 Å². The fourth-order valence-corrected chi connectivity index (χ4v) is 2.38. The van der Waals surface area contributed by atoms with Crippen molar-refractivity contribution in [2.75, 3.05) is 6.61 Å². The number of hydrogen-bond acceptors (Lipinski definition) is 2. The Morgan fingerprint density at radius 1 is 1.05 bits per heavy atom. The summed E-state index contributed by atoms with van der Waals surface area (Å²) in [5, 5.41) is 2.04. The summed E-state index contributed by atoms with van der Waals surface area (Å²) in [5.41, 5.74) is 0.730. The SMILES string of the molecule is CCCCCCCOc1ccc2c(C=O)cccc2c1. The van der Waals surface area contributed by atoms with Gasteiger partial charge in [0.25, 0.3) is 0 Å². The van der Waals surface area contributed by atoms with E-state index < -0.39 is 0 Å². The minimum absolute atomic E-state index is 0.730. The van der Waals surface area contributed by atoms with Gasteiger partial charge in [-0.2, -0.15) is 0 Å². The molecule has 0 aliphatic rings. The summed E-state index contributed by atoms with van der Waals surface area (Å²) < 4.78 is 5.78. The molecular weight excluding hydrogens is 248 g/mol. The Balaban J connectivity index is 1.93. The lowest BCUT2D eigenvalue weighted by atomic mass is 10.1. The van der Waals surface area contributed by atoms with Crippen molar-refractivity contribution >= 4 is 17.1 Å². The van der Waals surface area contributed by atoms with E-state index in [-0.39, 0.29) is 0 Å². The molecule has 0 N–H and O–H groups in total. The van der Waals surface area contributed by atoms with Gasteiger partial charge >= 0.3 is 0 Å². The molecular formula is C18H22O2. The Bertz CT molecular complexity index is 560. The highest BCUT2D eigenvalue weighted by atomic mass is 16.5. The summed E-state index contributed by atoms with van der Waals surface area (Å²) in [6.45, 7) is 2.99. The van der Waals surface area contributed by atoms with Gasteiger partial charge in [-0.1, -0.05) is 50.8 Å². The summed E-state index contributed by atoms with van der Waals surface area (Å²) >= 11 is 0. The Kier molecular flexibility index (Phi) is 5.60. The third-order valence-corrected chi connectivity index (χ3v) is 3.53. The summed E-state index contributed by atoms with van der Waals surface area (Å²) in [4.78, 5) is 11.0. The van der Waals surface area contributed by atoms with Crippen LogP contribution in [-0.4, -0.2) is 12.9 Å². The van der Waals surface area contributed by atoms with Crippen LogP contribution in [0.1, 0.15) is 49.4 Å². The number of aldehydes is 1. The maximum atomic E-state index is 11.0. The average Bonchev–Trinajstić information content (AvgIpc) is 2.50. The number of carbonyl (C=O) groups excluding carboxylic acids is 1. The van der Waals surface area contributed by atoms with Crippen molar-refractivity contribution in [3.63, 3.8) is 0 Å². The Morgan fingerprint density at radius 2 is 1.90 bits per heavy atom. The van der Waals surface area contributed by atoms with E-state index in [4.69, 9.17) is 4.74 Å². The minimum Gasteiger partial charge on any atom is -0.494 e. The Morgan fingerprint density at radius 3 is 2.70 bits per heavy atom. The van der Waals surface area contributed by atoms with Gasteiger partial charge in [0.05, 0.1) is 6.61 Å². The van der Waals surface area contributed by atoms with E-state index in [1.165, 1.54) is 25.7 Å². The maximum Gasteiger partial charge on any atom is 0.150 e. The van der Waals surface area contributed by atoms with Crippen LogP contribution in [-0.2, 0) is 0 Å². The molecule has 2 aromatic carbocycles. The van der Waals surface area contributed by atoms with E-state index in [0.29, 0.717) is 0 Å². The quantitative estimate of drug-likeness (QED) is 0.498. The van der Waals surface area contributed by atoms with Crippen molar-refractivity contribution in [2.45, 2.75) is 39.0 Å². The van der Waals surface area contributed by atoms with Gasteiger partial charge in [-0.15, -0.1) is 0 Å². The normalized spacial score (nSPS) is 10.7. The van der Waals surface area contributed by atoms with Gasteiger partial charge in [0, 0.05) is 5.56 Å². The number of hydrogen-bond donors (Lipinski definition) is 0. The zero-order chi connectivity index (χ0) is 14.2. The largest absolute Gasteiger partial charge is 0.494 e. The monoisotopic (exact) mass is 270 g/mol. The molecule has 0 saturated carbocycles. The second-order valence-corrected chi connectivity index (χ2v) is 5.11. The molecule has 2 nitrogen and oxygen atoms in total. The lowest BCUT2D eigenvalue weighted by Crippen LogP contribution is -1.97. The molecule has 0 heterocycles. The van der Waals surface area contributed by atoms with E-state index in [1.54, 1.807) is 0 Å². The number of fused-ring (bicyclic) bond motifs is 1. The third-order valence-electron chi connectivity index (χ3n) is 3.53. The van der Waals surface area contributed by atoms with Crippen molar-refractivity contribution in [2.24, 2.45) is 0 Å². The molecule has 20 heavy (non-hydrogen) atoms. The second kappa shape index (κ2) is 7.68. The van der Waals surface area contributed by atoms with Crippen molar-refractivity contribution < 1.29 is 9.53 Å². The lowest BCUT2D eigenvalue weighted by molar-refractivity contribution is 0.112. The molecule has 0 bridgehead atoms. The van der Waals surface area contributed by atoms with Crippen molar-refractivity contribution in [3.8, 4) is 5.75 Å². The molecule has 2 aromatic rings. The highest BCUT2D eigenvalue weighted by molar-refractivity contribution is 5.98. The van der Waals surface area contributed by atoms with Crippen LogP contribution < -0.4 is 4.74 Å². The first-order chi connectivity index (χ1) is 9.85. The molecule has 0 aliphatic carbocycles. The average molecular weight is 270 g/mol. The second-order valence-electron chi connectivity index (χ2n) is 5.11. The van der Waals surface area contributed by atoms with Crippen LogP contribution in [0.15, 0.2) is 36.4 Å². The highest BCUT2D eigenvalue weighted by Gasteiger charge is 2.01. The molecule has 2 rings (SSSR count). The van der Waals surface area contributed by atoms with E-state index in [2.05, 4.69) is 6.92 Å². The molecule has 0 atom stereocenters. The van der Waals surface area contributed by atoms with Gasteiger partial charge in [-0.3, -0.25) is 4.79 Å².